The first-order chi connectivity index (χ1) is 17.5. The summed E-state index contributed by atoms with van der Waals surface area (Å²) in [7, 11) is 0. The molecule has 0 saturated carbocycles. The van der Waals surface area contributed by atoms with Crippen LogP contribution in [-0.4, -0.2) is 44.1 Å². The summed E-state index contributed by atoms with van der Waals surface area (Å²) in [5, 5.41) is 4.12. The molecule has 0 aliphatic carbocycles. The van der Waals surface area contributed by atoms with E-state index < -0.39 is 11.6 Å². The van der Waals surface area contributed by atoms with E-state index in [0.29, 0.717) is 50.7 Å². The summed E-state index contributed by atoms with van der Waals surface area (Å²) in [6, 6.07) is 9.17. The average molecular weight is 531 g/mol. The molecule has 1 N–H and O–H groups in total. The summed E-state index contributed by atoms with van der Waals surface area (Å²) in [5.74, 6) is -0.762. The number of rotatable bonds is 8. The van der Waals surface area contributed by atoms with Crippen LogP contribution < -0.4 is 5.32 Å². The first kappa shape index (κ1) is 24.9. The molecule has 0 spiro atoms. The monoisotopic (exact) mass is 530 g/mol. The SMILES string of the molecule is Fc1ccc(CNc2ncc3nc(-c4c(Cl)cccc4Cl)n(CCCN4CCCCC4)c3n2)cc1F. The van der Waals surface area contributed by atoms with E-state index in [-0.39, 0.29) is 6.54 Å². The minimum Gasteiger partial charge on any atom is -0.350 e. The van der Waals surface area contributed by atoms with E-state index >= 15 is 0 Å². The predicted octanol–water partition coefficient (Wildman–Crippen LogP) is 6.57. The van der Waals surface area contributed by atoms with Crippen LogP contribution in [0, 0.1) is 11.6 Å². The summed E-state index contributed by atoms with van der Waals surface area (Å²) in [6.07, 6.45) is 6.35. The van der Waals surface area contributed by atoms with Gasteiger partial charge in [0.15, 0.2) is 17.3 Å². The van der Waals surface area contributed by atoms with Crippen molar-refractivity contribution in [3.8, 4) is 11.4 Å². The number of aryl methyl sites for hydroxylation is 1. The standard InChI is InChI=1S/C26H26Cl2F2N6/c27-18-6-4-7-19(28)23(18)25-33-22-16-32-26(31-15-17-8-9-20(29)21(30)14-17)34-24(22)36(25)13-5-12-35-10-2-1-3-11-35/h4,6-9,14,16H,1-3,5,10-13,15H2,(H,31,32,34). The molecule has 36 heavy (non-hydrogen) atoms. The van der Waals surface area contributed by atoms with Crippen molar-refractivity contribution in [2.24, 2.45) is 0 Å². The lowest BCUT2D eigenvalue weighted by Gasteiger charge is -2.26. The van der Waals surface area contributed by atoms with Crippen molar-refractivity contribution in [3.63, 3.8) is 0 Å². The van der Waals surface area contributed by atoms with Gasteiger partial charge in [-0.15, -0.1) is 0 Å². The third kappa shape index (κ3) is 5.45. The van der Waals surface area contributed by atoms with Gasteiger partial charge in [0.05, 0.1) is 21.8 Å². The third-order valence-corrected chi connectivity index (χ3v) is 7.04. The number of nitrogens with zero attached hydrogens (tertiary/aromatic N) is 5. The van der Waals surface area contributed by atoms with Gasteiger partial charge in [-0.3, -0.25) is 0 Å². The minimum atomic E-state index is -0.890. The quantitative estimate of drug-likeness (QED) is 0.279. The smallest absolute Gasteiger partial charge is 0.225 e. The molecule has 188 valence electrons. The van der Waals surface area contributed by atoms with E-state index in [1.54, 1.807) is 24.4 Å². The maximum absolute atomic E-state index is 13.6. The van der Waals surface area contributed by atoms with E-state index in [9.17, 15) is 8.78 Å². The Balaban J connectivity index is 1.45. The van der Waals surface area contributed by atoms with E-state index in [0.717, 1.165) is 38.2 Å². The molecule has 3 heterocycles. The van der Waals surface area contributed by atoms with E-state index in [1.807, 2.05) is 4.57 Å². The average Bonchev–Trinajstić information content (AvgIpc) is 3.22. The zero-order chi connectivity index (χ0) is 25.1. The van der Waals surface area contributed by atoms with Crippen LogP contribution in [0.5, 0.6) is 0 Å². The van der Waals surface area contributed by atoms with Crippen LogP contribution in [0.1, 0.15) is 31.2 Å². The molecule has 6 nitrogen and oxygen atoms in total. The molecule has 0 atom stereocenters. The van der Waals surface area contributed by atoms with Crippen molar-refractivity contribution < 1.29 is 8.78 Å². The highest BCUT2D eigenvalue weighted by molar-refractivity contribution is 6.39. The zero-order valence-electron chi connectivity index (χ0n) is 19.7. The number of hydrogen-bond acceptors (Lipinski definition) is 5. The highest BCUT2D eigenvalue weighted by atomic mass is 35.5. The van der Waals surface area contributed by atoms with Crippen molar-refractivity contribution in [2.75, 3.05) is 25.0 Å². The second-order valence-electron chi connectivity index (χ2n) is 8.94. The number of piperidine rings is 1. The Labute approximate surface area is 218 Å². The van der Waals surface area contributed by atoms with Crippen LogP contribution in [0.2, 0.25) is 10.0 Å². The van der Waals surface area contributed by atoms with Crippen LogP contribution in [0.15, 0.2) is 42.6 Å². The van der Waals surface area contributed by atoms with Crippen molar-refractivity contribution in [3.05, 3.63) is 69.8 Å². The summed E-state index contributed by atoms with van der Waals surface area (Å²) < 4.78 is 28.9. The van der Waals surface area contributed by atoms with Gasteiger partial charge in [0.1, 0.15) is 11.3 Å². The zero-order valence-corrected chi connectivity index (χ0v) is 21.2. The number of hydrogen-bond donors (Lipinski definition) is 1. The first-order valence-electron chi connectivity index (χ1n) is 12.1. The molecule has 4 aromatic rings. The maximum atomic E-state index is 13.6. The molecular weight excluding hydrogens is 505 g/mol. The number of anilines is 1. The van der Waals surface area contributed by atoms with Crippen LogP contribution in [0.3, 0.4) is 0 Å². The molecule has 1 fully saturated rings. The minimum absolute atomic E-state index is 0.245. The molecule has 0 unspecified atom stereocenters. The molecule has 1 aliphatic heterocycles. The molecular formula is C26H26Cl2F2N6. The molecule has 0 radical (unpaired) electrons. The number of likely N-dealkylation sites (tertiary alicyclic amines) is 1. The second kappa shape index (κ2) is 11.1. The van der Waals surface area contributed by atoms with E-state index in [4.69, 9.17) is 33.2 Å². The van der Waals surface area contributed by atoms with Gasteiger partial charge in [-0.2, -0.15) is 4.98 Å². The Morgan fingerprint density at radius 1 is 0.917 bits per heavy atom. The fraction of sp³-hybridized carbons (Fsp3) is 0.346. The lowest BCUT2D eigenvalue weighted by atomic mass is 10.1. The Kier molecular flexibility index (Phi) is 7.65. The lowest BCUT2D eigenvalue weighted by Crippen LogP contribution is -2.31. The highest BCUT2D eigenvalue weighted by Crippen LogP contribution is 2.35. The van der Waals surface area contributed by atoms with Gasteiger partial charge in [0, 0.05) is 13.1 Å². The second-order valence-corrected chi connectivity index (χ2v) is 9.76. The number of fused-ring (bicyclic) bond motifs is 1. The Morgan fingerprint density at radius 3 is 2.44 bits per heavy atom. The lowest BCUT2D eigenvalue weighted by molar-refractivity contribution is 0.223. The number of halogens is 4. The molecule has 2 aromatic heterocycles. The highest BCUT2D eigenvalue weighted by Gasteiger charge is 2.20. The van der Waals surface area contributed by atoms with Gasteiger partial charge in [-0.25, -0.2) is 18.7 Å². The normalized spacial score (nSPS) is 14.4. The summed E-state index contributed by atoms with van der Waals surface area (Å²) in [5.41, 5.74) is 2.52. The van der Waals surface area contributed by atoms with Crippen molar-refractivity contribution in [1.29, 1.82) is 0 Å². The van der Waals surface area contributed by atoms with Crippen LogP contribution in [0.25, 0.3) is 22.6 Å². The van der Waals surface area contributed by atoms with Crippen LogP contribution in [-0.2, 0) is 13.1 Å². The number of aromatic nitrogens is 4. The largest absolute Gasteiger partial charge is 0.350 e. The molecule has 1 saturated heterocycles. The van der Waals surface area contributed by atoms with Crippen LogP contribution in [0.4, 0.5) is 14.7 Å². The van der Waals surface area contributed by atoms with Crippen molar-refractivity contribution in [1.82, 2.24) is 24.4 Å². The van der Waals surface area contributed by atoms with Gasteiger partial charge < -0.3 is 14.8 Å². The van der Waals surface area contributed by atoms with Gasteiger partial charge >= 0.3 is 0 Å². The van der Waals surface area contributed by atoms with Gasteiger partial charge in [0.2, 0.25) is 5.95 Å². The number of nitrogens with one attached hydrogen (secondary N) is 1. The molecule has 0 bridgehead atoms. The molecule has 10 heteroatoms. The summed E-state index contributed by atoms with van der Waals surface area (Å²) >= 11 is 13.1. The fourth-order valence-electron chi connectivity index (χ4n) is 4.58. The topological polar surface area (TPSA) is 58.9 Å². The Bertz CT molecular complexity index is 1350. The number of benzene rings is 2. The molecule has 5 rings (SSSR count). The van der Waals surface area contributed by atoms with Crippen molar-refractivity contribution in [2.45, 2.75) is 38.8 Å². The maximum Gasteiger partial charge on any atom is 0.225 e. The van der Waals surface area contributed by atoms with Gasteiger partial charge in [0.25, 0.3) is 0 Å². The molecule has 2 aromatic carbocycles. The molecule has 1 aliphatic rings. The summed E-state index contributed by atoms with van der Waals surface area (Å²) in [4.78, 5) is 16.4. The first-order valence-corrected chi connectivity index (χ1v) is 12.8. The van der Waals surface area contributed by atoms with Gasteiger partial charge in [-0.1, -0.05) is 41.8 Å². The van der Waals surface area contributed by atoms with E-state index in [2.05, 4.69) is 15.2 Å². The molecule has 0 amide bonds. The Morgan fingerprint density at radius 2 is 1.69 bits per heavy atom. The van der Waals surface area contributed by atoms with Crippen molar-refractivity contribution >= 4 is 40.3 Å². The van der Waals surface area contributed by atoms with Gasteiger partial charge in [-0.05, 0) is 68.7 Å². The van der Waals surface area contributed by atoms with Crippen LogP contribution >= 0.6 is 23.2 Å². The fourth-order valence-corrected chi connectivity index (χ4v) is 5.15. The third-order valence-electron chi connectivity index (χ3n) is 6.41. The number of imidazole rings is 1. The Hall–Kier alpha value is -2.81. The predicted molar refractivity (Wildman–Crippen MR) is 139 cm³/mol. The van der Waals surface area contributed by atoms with E-state index in [1.165, 1.54) is 25.3 Å². The summed E-state index contributed by atoms with van der Waals surface area (Å²) in [6.45, 7) is 4.18.